The average Bonchev–Trinajstić information content (AvgIpc) is 2.62. The normalized spacial score (nSPS) is 11.8. The van der Waals surface area contributed by atoms with Crippen LogP contribution >= 0.6 is 0 Å². The molecule has 2 aromatic carbocycles. The summed E-state index contributed by atoms with van der Waals surface area (Å²) in [6.07, 6.45) is 0.856. The molecule has 0 heterocycles. The molecule has 0 fully saturated rings. The fraction of sp³-hybridized carbons (Fsp3) is 0.350. The van der Waals surface area contributed by atoms with Gasteiger partial charge in [0, 0.05) is 38.5 Å². The monoisotopic (exact) mass is 326 g/mol. The standard InChI is InChI=1S/C20H26N2O2/c1-16(17-9-5-4-6-10-17)24-14-8-13-21-20(23)18-11-7-12-19(15-18)22(2)3/h4-7,9-12,15-16H,8,13-14H2,1-3H3,(H,21,23). The van der Waals surface area contributed by atoms with Crippen LogP contribution in [0, 0.1) is 0 Å². The third kappa shape index (κ3) is 5.39. The van der Waals surface area contributed by atoms with Gasteiger partial charge in [0.2, 0.25) is 0 Å². The van der Waals surface area contributed by atoms with E-state index in [1.165, 1.54) is 5.56 Å². The Bertz CT molecular complexity index is 641. The van der Waals surface area contributed by atoms with Crippen molar-refractivity contribution in [3.05, 3.63) is 65.7 Å². The molecular formula is C20H26N2O2. The number of rotatable bonds is 8. The lowest BCUT2D eigenvalue weighted by molar-refractivity contribution is 0.0635. The number of nitrogens with one attached hydrogen (secondary N) is 1. The minimum absolute atomic E-state index is 0.0465. The molecule has 1 N–H and O–H groups in total. The van der Waals surface area contributed by atoms with Crippen LogP contribution < -0.4 is 10.2 Å². The van der Waals surface area contributed by atoms with Crippen molar-refractivity contribution in [3.63, 3.8) is 0 Å². The van der Waals surface area contributed by atoms with Crippen LogP contribution in [0.3, 0.4) is 0 Å². The highest BCUT2D eigenvalue weighted by molar-refractivity contribution is 5.95. The van der Waals surface area contributed by atoms with Gasteiger partial charge < -0.3 is 15.0 Å². The number of benzene rings is 2. The van der Waals surface area contributed by atoms with Gasteiger partial charge in [-0.25, -0.2) is 0 Å². The molecule has 0 saturated heterocycles. The van der Waals surface area contributed by atoms with E-state index in [0.29, 0.717) is 18.7 Å². The number of carbonyl (C=O) groups excluding carboxylic acids is 1. The summed E-state index contributed by atoms with van der Waals surface area (Å²) in [4.78, 5) is 14.1. The molecule has 1 atom stereocenters. The van der Waals surface area contributed by atoms with Gasteiger partial charge in [0.1, 0.15) is 0 Å². The van der Waals surface area contributed by atoms with Crippen molar-refractivity contribution in [1.82, 2.24) is 5.32 Å². The second kappa shape index (κ2) is 9.08. The third-order valence-corrected chi connectivity index (χ3v) is 3.87. The maximum Gasteiger partial charge on any atom is 0.251 e. The Morgan fingerprint density at radius 3 is 2.58 bits per heavy atom. The Labute approximate surface area is 144 Å². The molecule has 0 bridgehead atoms. The van der Waals surface area contributed by atoms with Gasteiger partial charge in [0.15, 0.2) is 0 Å². The molecule has 4 nitrogen and oxygen atoms in total. The van der Waals surface area contributed by atoms with Gasteiger partial charge in [-0.3, -0.25) is 4.79 Å². The number of anilines is 1. The van der Waals surface area contributed by atoms with Crippen molar-refractivity contribution in [2.45, 2.75) is 19.4 Å². The lowest BCUT2D eigenvalue weighted by atomic mass is 10.1. The van der Waals surface area contributed by atoms with E-state index in [0.717, 1.165) is 12.1 Å². The van der Waals surface area contributed by atoms with Crippen molar-refractivity contribution >= 4 is 11.6 Å². The number of hydrogen-bond donors (Lipinski definition) is 1. The van der Waals surface area contributed by atoms with Crippen LogP contribution in [-0.4, -0.2) is 33.2 Å². The minimum atomic E-state index is -0.0465. The Balaban J connectivity index is 1.70. The van der Waals surface area contributed by atoms with Gasteiger partial charge in [0.25, 0.3) is 5.91 Å². The quantitative estimate of drug-likeness (QED) is 0.753. The summed E-state index contributed by atoms with van der Waals surface area (Å²) in [5, 5.41) is 2.94. The summed E-state index contributed by atoms with van der Waals surface area (Å²) in [6, 6.07) is 17.7. The molecule has 0 aliphatic heterocycles. The van der Waals surface area contributed by atoms with Crippen molar-refractivity contribution in [2.24, 2.45) is 0 Å². The zero-order valence-electron chi connectivity index (χ0n) is 14.7. The van der Waals surface area contributed by atoms with E-state index in [9.17, 15) is 4.79 Å². The largest absolute Gasteiger partial charge is 0.378 e. The first-order valence-corrected chi connectivity index (χ1v) is 8.30. The molecular weight excluding hydrogens is 300 g/mol. The molecule has 0 aliphatic carbocycles. The molecule has 2 aromatic rings. The summed E-state index contributed by atoms with van der Waals surface area (Å²) < 4.78 is 5.81. The zero-order valence-corrected chi connectivity index (χ0v) is 14.7. The number of hydrogen-bond acceptors (Lipinski definition) is 3. The summed E-state index contributed by atoms with van der Waals surface area (Å²) >= 11 is 0. The van der Waals surface area contributed by atoms with Crippen molar-refractivity contribution in [3.8, 4) is 0 Å². The molecule has 2 rings (SSSR count). The van der Waals surface area contributed by atoms with Gasteiger partial charge >= 0.3 is 0 Å². The molecule has 0 aromatic heterocycles. The van der Waals surface area contributed by atoms with Crippen LogP contribution in [-0.2, 0) is 4.74 Å². The molecule has 0 saturated carbocycles. The van der Waals surface area contributed by atoms with Crippen LogP contribution in [0.15, 0.2) is 54.6 Å². The third-order valence-electron chi connectivity index (χ3n) is 3.87. The Morgan fingerprint density at radius 2 is 1.88 bits per heavy atom. The summed E-state index contributed by atoms with van der Waals surface area (Å²) in [6.45, 7) is 3.27. The molecule has 24 heavy (non-hydrogen) atoms. The van der Waals surface area contributed by atoms with Crippen LogP contribution in [0.25, 0.3) is 0 Å². The summed E-state index contributed by atoms with van der Waals surface area (Å²) in [5.41, 5.74) is 2.87. The first-order valence-electron chi connectivity index (χ1n) is 8.30. The average molecular weight is 326 g/mol. The van der Waals surface area contributed by atoms with Crippen molar-refractivity contribution < 1.29 is 9.53 Å². The molecule has 0 spiro atoms. The SMILES string of the molecule is CC(OCCCNC(=O)c1cccc(N(C)C)c1)c1ccccc1. The highest BCUT2D eigenvalue weighted by Gasteiger charge is 2.07. The second-order valence-electron chi connectivity index (χ2n) is 5.98. The predicted molar refractivity (Wildman–Crippen MR) is 98.5 cm³/mol. The Morgan fingerprint density at radius 1 is 1.12 bits per heavy atom. The second-order valence-corrected chi connectivity index (χ2v) is 5.98. The number of nitrogens with zero attached hydrogens (tertiary/aromatic N) is 1. The van der Waals surface area contributed by atoms with E-state index in [2.05, 4.69) is 17.4 Å². The van der Waals surface area contributed by atoms with Crippen molar-refractivity contribution in [2.75, 3.05) is 32.1 Å². The smallest absolute Gasteiger partial charge is 0.251 e. The van der Waals surface area contributed by atoms with Crippen LogP contribution in [0.4, 0.5) is 5.69 Å². The van der Waals surface area contributed by atoms with Crippen LogP contribution in [0.2, 0.25) is 0 Å². The first-order chi connectivity index (χ1) is 11.6. The van der Waals surface area contributed by atoms with Gasteiger partial charge in [0.05, 0.1) is 6.10 Å². The maximum atomic E-state index is 12.2. The van der Waals surface area contributed by atoms with Crippen LogP contribution in [0.1, 0.15) is 35.4 Å². The van der Waals surface area contributed by atoms with E-state index in [1.54, 1.807) is 0 Å². The van der Waals surface area contributed by atoms with Gasteiger partial charge in [-0.2, -0.15) is 0 Å². The highest BCUT2D eigenvalue weighted by Crippen LogP contribution is 2.16. The van der Waals surface area contributed by atoms with Crippen molar-refractivity contribution in [1.29, 1.82) is 0 Å². The fourth-order valence-corrected chi connectivity index (χ4v) is 2.38. The lowest BCUT2D eigenvalue weighted by Crippen LogP contribution is -2.25. The van der Waals surface area contributed by atoms with E-state index < -0.39 is 0 Å². The van der Waals surface area contributed by atoms with Crippen LogP contribution in [0.5, 0.6) is 0 Å². The molecule has 1 unspecified atom stereocenters. The predicted octanol–water partition coefficient (Wildman–Crippen LogP) is 3.65. The van der Waals surface area contributed by atoms with Gasteiger partial charge in [-0.1, -0.05) is 36.4 Å². The summed E-state index contributed by atoms with van der Waals surface area (Å²) in [7, 11) is 3.92. The molecule has 128 valence electrons. The topological polar surface area (TPSA) is 41.6 Å². The van der Waals surface area contributed by atoms with Gasteiger partial charge in [-0.15, -0.1) is 0 Å². The summed E-state index contributed by atoms with van der Waals surface area (Å²) in [5.74, 6) is -0.0465. The lowest BCUT2D eigenvalue weighted by Gasteiger charge is -2.14. The zero-order chi connectivity index (χ0) is 17.4. The minimum Gasteiger partial charge on any atom is -0.378 e. The fourth-order valence-electron chi connectivity index (χ4n) is 2.38. The number of amides is 1. The van der Waals surface area contributed by atoms with E-state index in [4.69, 9.17) is 4.74 Å². The Hall–Kier alpha value is -2.33. The van der Waals surface area contributed by atoms with Gasteiger partial charge in [-0.05, 0) is 37.1 Å². The van der Waals surface area contributed by atoms with E-state index in [-0.39, 0.29) is 12.0 Å². The molecule has 0 radical (unpaired) electrons. The molecule has 4 heteroatoms. The molecule has 1 amide bonds. The van der Waals surface area contributed by atoms with E-state index in [1.807, 2.05) is 68.4 Å². The Kier molecular flexibility index (Phi) is 6.82. The molecule has 0 aliphatic rings. The number of ether oxygens (including phenoxy) is 1. The first kappa shape index (κ1) is 18.0. The maximum absolute atomic E-state index is 12.2. The van der Waals surface area contributed by atoms with E-state index >= 15 is 0 Å². The number of carbonyl (C=O) groups is 1. The highest BCUT2D eigenvalue weighted by atomic mass is 16.5.